The molecular formula is C13H20N2O3S. The summed E-state index contributed by atoms with van der Waals surface area (Å²) in [4.78, 5) is 12.1. The fraction of sp³-hybridized carbons (Fsp3) is 0.846. The molecule has 0 radical (unpaired) electrons. The molecule has 6 heteroatoms. The Morgan fingerprint density at radius 3 is 2.26 bits per heavy atom. The molecule has 2 fully saturated rings. The highest BCUT2D eigenvalue weighted by Gasteiger charge is 2.67. The van der Waals surface area contributed by atoms with Crippen LogP contribution in [-0.4, -0.2) is 28.9 Å². The number of nitrogens with zero attached hydrogens (tertiary/aromatic N) is 2. The molecule has 1 saturated heterocycles. The molecule has 5 nitrogen and oxygen atoms in total. The molecule has 0 aromatic heterocycles. The summed E-state index contributed by atoms with van der Waals surface area (Å²) >= 11 is 0. The first-order chi connectivity index (χ1) is 8.73. The Morgan fingerprint density at radius 1 is 1.37 bits per heavy atom. The number of hydrogen-bond donors (Lipinski definition) is 0. The molecule has 0 spiro atoms. The molecule has 1 saturated carbocycles. The van der Waals surface area contributed by atoms with Crippen molar-refractivity contribution in [3.05, 3.63) is 0 Å². The fourth-order valence-electron chi connectivity index (χ4n) is 3.00. The van der Waals surface area contributed by atoms with Gasteiger partial charge in [-0.3, -0.25) is 4.79 Å². The summed E-state index contributed by atoms with van der Waals surface area (Å²) < 4.78 is 24.0. The standard InChI is InChI=1S/C13H20N2O3S/c1-4-10-5-7-13(9-14,8-6-10)15-11(16)12(2,3)19(15,17)18/h10H,4-8H2,1-3H3. The molecule has 1 amide bonds. The molecule has 0 aromatic rings. The van der Waals surface area contributed by atoms with E-state index in [2.05, 4.69) is 13.0 Å². The maximum atomic E-state index is 12.2. The summed E-state index contributed by atoms with van der Waals surface area (Å²) in [6.45, 7) is 4.91. The molecule has 0 aromatic carbocycles. The molecule has 19 heavy (non-hydrogen) atoms. The van der Waals surface area contributed by atoms with Gasteiger partial charge in [0.25, 0.3) is 15.9 Å². The summed E-state index contributed by atoms with van der Waals surface area (Å²) in [5, 5.41) is 9.45. The minimum Gasteiger partial charge on any atom is -0.272 e. The third kappa shape index (κ3) is 1.71. The van der Waals surface area contributed by atoms with Gasteiger partial charge in [-0.05, 0) is 45.4 Å². The average Bonchev–Trinajstić information content (AvgIpc) is 2.39. The number of carbonyl (C=O) groups excluding carboxylic acids is 1. The number of hydrogen-bond acceptors (Lipinski definition) is 4. The van der Waals surface area contributed by atoms with E-state index in [1.54, 1.807) is 0 Å². The van der Waals surface area contributed by atoms with Crippen LogP contribution in [0, 0.1) is 17.2 Å². The van der Waals surface area contributed by atoms with Gasteiger partial charge in [0, 0.05) is 0 Å². The predicted molar refractivity (Wildman–Crippen MR) is 70.4 cm³/mol. The van der Waals surface area contributed by atoms with Crippen LogP contribution in [0.4, 0.5) is 0 Å². The first-order valence-corrected chi connectivity index (χ1v) is 8.17. The largest absolute Gasteiger partial charge is 0.272 e. The van der Waals surface area contributed by atoms with E-state index >= 15 is 0 Å². The Labute approximate surface area is 114 Å². The second kappa shape index (κ2) is 4.20. The summed E-state index contributed by atoms with van der Waals surface area (Å²) in [5.74, 6) is 0.0950. The average molecular weight is 284 g/mol. The van der Waals surface area contributed by atoms with Gasteiger partial charge in [-0.1, -0.05) is 13.3 Å². The zero-order valence-electron chi connectivity index (χ0n) is 11.6. The highest BCUT2D eigenvalue weighted by molar-refractivity contribution is 7.94. The molecule has 0 N–H and O–H groups in total. The lowest BCUT2D eigenvalue weighted by Crippen LogP contribution is -2.74. The molecule has 0 atom stereocenters. The summed E-state index contributed by atoms with van der Waals surface area (Å²) in [7, 11) is -3.68. The van der Waals surface area contributed by atoms with Crippen molar-refractivity contribution in [1.82, 2.24) is 4.31 Å². The Hall–Kier alpha value is -1.09. The van der Waals surface area contributed by atoms with Gasteiger partial charge in [-0.15, -0.1) is 0 Å². The minimum atomic E-state index is -3.68. The van der Waals surface area contributed by atoms with Crippen molar-refractivity contribution in [1.29, 1.82) is 5.26 Å². The summed E-state index contributed by atoms with van der Waals surface area (Å²) in [6, 6.07) is 2.11. The lowest BCUT2D eigenvalue weighted by Gasteiger charge is -2.52. The highest BCUT2D eigenvalue weighted by atomic mass is 32.2. The molecule has 2 rings (SSSR count). The van der Waals surface area contributed by atoms with Gasteiger partial charge >= 0.3 is 0 Å². The quantitative estimate of drug-likeness (QED) is 0.774. The second-order valence-electron chi connectivity index (χ2n) is 6.08. The van der Waals surface area contributed by atoms with Crippen LogP contribution in [0.15, 0.2) is 0 Å². The smallest absolute Gasteiger partial charge is 0.260 e. The lowest BCUT2D eigenvalue weighted by atomic mass is 9.76. The van der Waals surface area contributed by atoms with Crippen LogP contribution in [0.2, 0.25) is 0 Å². The van der Waals surface area contributed by atoms with Crippen molar-refractivity contribution in [3.63, 3.8) is 0 Å². The summed E-state index contributed by atoms with van der Waals surface area (Å²) in [5.41, 5.74) is -1.14. The lowest BCUT2D eigenvalue weighted by molar-refractivity contribution is -0.136. The van der Waals surface area contributed by atoms with E-state index in [0.717, 1.165) is 23.6 Å². The number of sulfonamides is 1. The fourth-order valence-corrected chi connectivity index (χ4v) is 4.77. The number of amides is 1. The predicted octanol–water partition coefficient (Wildman–Crippen LogP) is 1.80. The molecule has 1 heterocycles. The third-order valence-electron chi connectivity index (χ3n) is 4.69. The molecule has 2 aliphatic rings. The van der Waals surface area contributed by atoms with Gasteiger partial charge < -0.3 is 0 Å². The van der Waals surface area contributed by atoms with Crippen molar-refractivity contribution in [2.24, 2.45) is 5.92 Å². The molecular weight excluding hydrogens is 264 g/mol. The number of carbonyl (C=O) groups is 1. The van der Waals surface area contributed by atoms with Crippen LogP contribution in [0.3, 0.4) is 0 Å². The van der Waals surface area contributed by atoms with Gasteiger partial charge in [-0.25, -0.2) is 12.7 Å². The van der Waals surface area contributed by atoms with Gasteiger partial charge in [0.05, 0.1) is 6.07 Å². The van der Waals surface area contributed by atoms with E-state index in [1.807, 2.05) is 0 Å². The zero-order valence-corrected chi connectivity index (χ0v) is 12.5. The molecule has 0 bridgehead atoms. The number of rotatable bonds is 2. The first kappa shape index (κ1) is 14.3. The van der Waals surface area contributed by atoms with Crippen LogP contribution >= 0.6 is 0 Å². The summed E-state index contributed by atoms with van der Waals surface area (Å²) in [6.07, 6.45) is 3.58. The van der Waals surface area contributed by atoms with Crippen LogP contribution in [-0.2, 0) is 14.8 Å². The molecule has 1 aliphatic carbocycles. The van der Waals surface area contributed by atoms with Crippen molar-refractivity contribution in [3.8, 4) is 6.07 Å². The van der Waals surface area contributed by atoms with E-state index in [4.69, 9.17) is 0 Å². The van der Waals surface area contributed by atoms with E-state index in [1.165, 1.54) is 13.8 Å². The van der Waals surface area contributed by atoms with Crippen molar-refractivity contribution in [2.75, 3.05) is 0 Å². The van der Waals surface area contributed by atoms with Crippen LogP contribution in [0.5, 0.6) is 0 Å². The van der Waals surface area contributed by atoms with Crippen LogP contribution in [0.1, 0.15) is 52.9 Å². The Bertz CT molecular complexity index is 537. The van der Waals surface area contributed by atoms with E-state index < -0.39 is 26.2 Å². The van der Waals surface area contributed by atoms with Gasteiger partial charge in [-0.2, -0.15) is 5.26 Å². The molecule has 1 aliphatic heterocycles. The Kier molecular flexibility index (Phi) is 3.17. The third-order valence-corrected chi connectivity index (χ3v) is 7.15. The van der Waals surface area contributed by atoms with Crippen LogP contribution in [0.25, 0.3) is 0 Å². The van der Waals surface area contributed by atoms with Crippen molar-refractivity contribution in [2.45, 2.75) is 63.2 Å². The van der Waals surface area contributed by atoms with Gasteiger partial charge in [0.15, 0.2) is 4.75 Å². The second-order valence-corrected chi connectivity index (χ2v) is 8.42. The Balaban J connectivity index is 2.31. The topological polar surface area (TPSA) is 78.2 Å². The SMILES string of the molecule is CCC1CCC(C#N)(N2C(=O)C(C)(C)S2(=O)=O)CC1. The normalized spacial score (nSPS) is 36.4. The highest BCUT2D eigenvalue weighted by Crippen LogP contribution is 2.47. The minimum absolute atomic E-state index is 0.441. The maximum absolute atomic E-state index is 12.2. The van der Waals surface area contributed by atoms with Crippen molar-refractivity contribution < 1.29 is 13.2 Å². The van der Waals surface area contributed by atoms with Gasteiger partial charge in [0.2, 0.25) is 0 Å². The maximum Gasteiger partial charge on any atom is 0.260 e. The molecule has 0 unspecified atom stereocenters. The van der Waals surface area contributed by atoms with Gasteiger partial charge in [0.1, 0.15) is 5.54 Å². The Morgan fingerprint density at radius 2 is 1.89 bits per heavy atom. The van der Waals surface area contributed by atoms with Crippen molar-refractivity contribution >= 4 is 15.9 Å². The first-order valence-electron chi connectivity index (χ1n) is 6.73. The van der Waals surface area contributed by atoms with E-state index in [-0.39, 0.29) is 0 Å². The van der Waals surface area contributed by atoms with E-state index in [9.17, 15) is 18.5 Å². The number of nitriles is 1. The van der Waals surface area contributed by atoms with E-state index in [0.29, 0.717) is 18.8 Å². The zero-order chi connectivity index (χ0) is 14.5. The van der Waals surface area contributed by atoms with Crippen LogP contribution < -0.4 is 0 Å². The molecule has 106 valence electrons. The monoisotopic (exact) mass is 284 g/mol.